The van der Waals surface area contributed by atoms with Gasteiger partial charge in [0.05, 0.1) is 18.4 Å². The van der Waals surface area contributed by atoms with E-state index in [4.69, 9.17) is 4.74 Å². The molecule has 26 heavy (non-hydrogen) atoms. The molecule has 0 spiro atoms. The van der Waals surface area contributed by atoms with Crippen LogP contribution in [0.1, 0.15) is 47.4 Å². The minimum absolute atomic E-state index is 0.0920. The number of methoxy groups -OCH3 is 1. The van der Waals surface area contributed by atoms with Gasteiger partial charge in [0, 0.05) is 5.56 Å². The number of alkyl halides is 2. The van der Waals surface area contributed by atoms with Gasteiger partial charge in [0.1, 0.15) is 12.4 Å². The van der Waals surface area contributed by atoms with Crippen molar-refractivity contribution in [1.29, 1.82) is 0 Å². The third-order valence-electron chi connectivity index (χ3n) is 4.42. The number of hydrogen-bond donors (Lipinski definition) is 1. The van der Waals surface area contributed by atoms with Crippen molar-refractivity contribution in [3.63, 3.8) is 0 Å². The summed E-state index contributed by atoms with van der Waals surface area (Å²) in [6, 6.07) is 10.3. The molecule has 0 aromatic heterocycles. The zero-order valence-electron chi connectivity index (χ0n) is 14.7. The van der Waals surface area contributed by atoms with Gasteiger partial charge in [0.15, 0.2) is 0 Å². The number of hydrogen-bond acceptors (Lipinski definition) is 3. The molecule has 1 saturated carbocycles. The molecule has 4 nitrogen and oxygen atoms in total. The van der Waals surface area contributed by atoms with Crippen LogP contribution in [-0.4, -0.2) is 13.2 Å². The van der Waals surface area contributed by atoms with E-state index >= 15 is 0 Å². The minimum atomic E-state index is -2.61. The van der Waals surface area contributed by atoms with Gasteiger partial charge in [-0.2, -0.15) is 0 Å². The third kappa shape index (κ3) is 4.12. The molecule has 0 heterocycles. The lowest BCUT2D eigenvalue weighted by molar-refractivity contribution is 0.144. The van der Waals surface area contributed by atoms with E-state index in [1.54, 1.807) is 25.1 Å². The first-order valence-corrected chi connectivity index (χ1v) is 8.48. The zero-order valence-corrected chi connectivity index (χ0v) is 14.7. The molecule has 1 amide bonds. The first-order valence-electron chi connectivity index (χ1n) is 8.48. The standard InChI is InChI=1S/C20H21F2NO3/c1-12-6-9-18(15(10-12)19(21)22)26-11-16-14(13-7-8-13)4-3-5-17(16)23-20(24)25-2/h3-6,9-10,13,19H,7-8,11H2,1-2H3,(H,23,24). The van der Waals surface area contributed by atoms with Crippen LogP contribution in [0, 0.1) is 6.92 Å². The Morgan fingerprint density at radius 3 is 2.69 bits per heavy atom. The van der Waals surface area contributed by atoms with Crippen LogP contribution < -0.4 is 10.1 Å². The molecule has 0 saturated heterocycles. The molecule has 6 heteroatoms. The highest BCUT2D eigenvalue weighted by molar-refractivity contribution is 5.86. The molecule has 2 aromatic rings. The largest absolute Gasteiger partial charge is 0.488 e. The summed E-state index contributed by atoms with van der Waals surface area (Å²) in [5.74, 6) is 0.570. The Morgan fingerprint density at radius 2 is 2.04 bits per heavy atom. The van der Waals surface area contributed by atoms with E-state index in [-0.39, 0.29) is 17.9 Å². The first kappa shape index (κ1) is 18.2. The van der Waals surface area contributed by atoms with E-state index in [9.17, 15) is 13.6 Å². The highest BCUT2D eigenvalue weighted by Crippen LogP contribution is 2.43. The summed E-state index contributed by atoms with van der Waals surface area (Å²) in [5, 5.41) is 2.68. The smallest absolute Gasteiger partial charge is 0.411 e. The number of aryl methyl sites for hydroxylation is 1. The average Bonchev–Trinajstić information content (AvgIpc) is 3.46. The zero-order chi connectivity index (χ0) is 18.7. The molecule has 1 fully saturated rings. The van der Waals surface area contributed by atoms with Crippen LogP contribution in [0.15, 0.2) is 36.4 Å². The summed E-state index contributed by atoms with van der Waals surface area (Å²) in [7, 11) is 1.29. The van der Waals surface area contributed by atoms with E-state index in [0.29, 0.717) is 11.6 Å². The van der Waals surface area contributed by atoms with Gasteiger partial charge in [-0.3, -0.25) is 5.32 Å². The molecule has 0 aliphatic heterocycles. The van der Waals surface area contributed by atoms with Crippen molar-refractivity contribution < 1.29 is 23.0 Å². The number of benzene rings is 2. The van der Waals surface area contributed by atoms with Crippen LogP contribution in [0.25, 0.3) is 0 Å². The Bertz CT molecular complexity index is 804. The quantitative estimate of drug-likeness (QED) is 0.732. The number of carbonyl (C=O) groups excluding carboxylic acids is 1. The lowest BCUT2D eigenvalue weighted by atomic mass is 10.0. The van der Waals surface area contributed by atoms with Crippen molar-refractivity contribution >= 4 is 11.8 Å². The van der Waals surface area contributed by atoms with Gasteiger partial charge in [-0.15, -0.1) is 0 Å². The molecule has 1 aliphatic rings. The van der Waals surface area contributed by atoms with Gasteiger partial charge in [-0.1, -0.05) is 23.8 Å². The highest BCUT2D eigenvalue weighted by atomic mass is 19.3. The van der Waals surface area contributed by atoms with Crippen molar-refractivity contribution in [3.8, 4) is 5.75 Å². The van der Waals surface area contributed by atoms with Crippen LogP contribution in [0.2, 0.25) is 0 Å². The second kappa shape index (κ2) is 7.72. The Hall–Kier alpha value is -2.63. The van der Waals surface area contributed by atoms with E-state index in [0.717, 1.165) is 29.5 Å². The maximum Gasteiger partial charge on any atom is 0.411 e. The monoisotopic (exact) mass is 361 g/mol. The fourth-order valence-electron chi connectivity index (χ4n) is 2.94. The van der Waals surface area contributed by atoms with E-state index in [1.165, 1.54) is 13.2 Å². The number of ether oxygens (including phenoxy) is 2. The third-order valence-corrected chi connectivity index (χ3v) is 4.42. The number of rotatable bonds is 6. The molecule has 1 N–H and O–H groups in total. The molecule has 3 rings (SSSR count). The Labute approximate surface area is 151 Å². The van der Waals surface area contributed by atoms with Crippen molar-refractivity contribution in [3.05, 3.63) is 58.7 Å². The molecular weight excluding hydrogens is 340 g/mol. The van der Waals surface area contributed by atoms with Gasteiger partial charge < -0.3 is 9.47 Å². The molecule has 1 aliphatic carbocycles. The molecule has 0 atom stereocenters. The van der Waals surface area contributed by atoms with Crippen LogP contribution in [0.3, 0.4) is 0 Å². The van der Waals surface area contributed by atoms with Crippen LogP contribution in [0.4, 0.5) is 19.3 Å². The van der Waals surface area contributed by atoms with Gasteiger partial charge in [-0.25, -0.2) is 13.6 Å². The Balaban J connectivity index is 1.88. The van der Waals surface area contributed by atoms with Gasteiger partial charge in [0.2, 0.25) is 0 Å². The lowest BCUT2D eigenvalue weighted by Crippen LogP contribution is -2.14. The van der Waals surface area contributed by atoms with Crippen molar-refractivity contribution in [2.45, 2.75) is 38.7 Å². The summed E-state index contributed by atoms with van der Waals surface area (Å²) in [4.78, 5) is 11.6. The number of carbonyl (C=O) groups is 1. The number of halogens is 2. The molecule has 0 unspecified atom stereocenters. The van der Waals surface area contributed by atoms with E-state index in [1.807, 2.05) is 12.1 Å². The van der Waals surface area contributed by atoms with Crippen LogP contribution >= 0.6 is 0 Å². The predicted octanol–water partition coefficient (Wildman–Crippen LogP) is 5.57. The second-order valence-electron chi connectivity index (χ2n) is 6.39. The summed E-state index contributed by atoms with van der Waals surface area (Å²) in [6.07, 6.45) is -1.05. The maximum atomic E-state index is 13.3. The molecule has 2 aromatic carbocycles. The summed E-state index contributed by atoms with van der Waals surface area (Å²) >= 11 is 0. The van der Waals surface area contributed by atoms with Gasteiger partial charge >= 0.3 is 6.09 Å². The molecule has 0 radical (unpaired) electrons. The second-order valence-corrected chi connectivity index (χ2v) is 6.39. The van der Waals surface area contributed by atoms with Crippen molar-refractivity contribution in [1.82, 2.24) is 0 Å². The molecule has 138 valence electrons. The Kier molecular flexibility index (Phi) is 5.40. The summed E-state index contributed by atoms with van der Waals surface area (Å²) in [5.41, 5.74) is 3.06. The topological polar surface area (TPSA) is 47.6 Å². The highest BCUT2D eigenvalue weighted by Gasteiger charge is 2.28. The SMILES string of the molecule is COC(=O)Nc1cccc(C2CC2)c1COc1ccc(C)cc1C(F)F. The fourth-order valence-corrected chi connectivity index (χ4v) is 2.94. The molecular formula is C20H21F2NO3. The Morgan fingerprint density at radius 1 is 1.27 bits per heavy atom. The van der Waals surface area contributed by atoms with Crippen LogP contribution in [0.5, 0.6) is 5.75 Å². The van der Waals surface area contributed by atoms with Crippen molar-refractivity contribution in [2.75, 3.05) is 12.4 Å². The van der Waals surface area contributed by atoms with Crippen molar-refractivity contribution in [2.24, 2.45) is 0 Å². The fraction of sp³-hybridized carbons (Fsp3) is 0.350. The summed E-state index contributed by atoms with van der Waals surface area (Å²) in [6.45, 7) is 1.85. The van der Waals surface area contributed by atoms with Gasteiger partial charge in [-0.05, 0) is 49.4 Å². The minimum Gasteiger partial charge on any atom is -0.488 e. The van der Waals surface area contributed by atoms with Gasteiger partial charge in [0.25, 0.3) is 6.43 Å². The summed E-state index contributed by atoms with van der Waals surface area (Å²) < 4.78 is 37.0. The number of nitrogens with one attached hydrogen (secondary N) is 1. The van der Waals surface area contributed by atoms with E-state index in [2.05, 4.69) is 10.1 Å². The van der Waals surface area contributed by atoms with Crippen LogP contribution in [-0.2, 0) is 11.3 Å². The van der Waals surface area contributed by atoms with E-state index < -0.39 is 12.5 Å². The number of amides is 1. The average molecular weight is 361 g/mol. The normalized spacial score (nSPS) is 13.6. The number of anilines is 1. The first-order chi connectivity index (χ1) is 12.5. The predicted molar refractivity (Wildman–Crippen MR) is 94.9 cm³/mol. The lowest BCUT2D eigenvalue weighted by Gasteiger charge is -2.17. The maximum absolute atomic E-state index is 13.3. The molecule has 0 bridgehead atoms.